The number of unbranched alkanes of at least 4 members (excludes halogenated alkanes) is 4. The van der Waals surface area contributed by atoms with Crippen LogP contribution in [0.1, 0.15) is 88.4 Å². The van der Waals surface area contributed by atoms with Gasteiger partial charge in [0.25, 0.3) is 5.91 Å². The van der Waals surface area contributed by atoms with Gasteiger partial charge in [-0.2, -0.15) is 0 Å². The zero-order valence-electron chi connectivity index (χ0n) is 30.0. The third kappa shape index (κ3) is 11.1. The van der Waals surface area contributed by atoms with E-state index >= 15 is 0 Å². The zero-order valence-corrected chi connectivity index (χ0v) is 30.0. The zero-order chi connectivity index (χ0) is 36.9. The molecule has 2 amide bonds. The van der Waals surface area contributed by atoms with E-state index in [0.29, 0.717) is 41.2 Å². The standard InChI is InChI=1S/C41H48N2O8/c1-6-7-8-9-10-21-50-33-18-14-31(15-19-33)41(48)51-35-20-11-29(25-36(35)49-5)24-34(40(46)47)43-38(44)30-12-16-32(17-13-30)42-39(45)37-27(3)22-26(2)23-28(37)4/h11-12,14-20,22-23,25,30,34H,6-10,13,21,24H2,1-5H3,(H,42,45)(H,43,44)(H,46,47). The van der Waals surface area contributed by atoms with E-state index in [1.165, 1.54) is 32.4 Å². The van der Waals surface area contributed by atoms with E-state index in [-0.39, 0.29) is 23.8 Å². The Labute approximate surface area is 299 Å². The van der Waals surface area contributed by atoms with Gasteiger partial charge >= 0.3 is 11.9 Å². The van der Waals surface area contributed by atoms with Gasteiger partial charge in [0, 0.05) is 17.7 Å². The number of hydrogen-bond donors (Lipinski definition) is 3. The molecule has 2 unspecified atom stereocenters. The number of ether oxygens (including phenoxy) is 3. The van der Waals surface area contributed by atoms with Crippen molar-refractivity contribution in [1.29, 1.82) is 0 Å². The Morgan fingerprint density at radius 1 is 0.902 bits per heavy atom. The molecular formula is C41H48N2O8. The molecule has 3 N–H and O–H groups in total. The molecule has 1 aliphatic carbocycles. The monoisotopic (exact) mass is 696 g/mol. The maximum absolute atomic E-state index is 13.1. The molecule has 0 bridgehead atoms. The summed E-state index contributed by atoms with van der Waals surface area (Å²) < 4.78 is 16.8. The summed E-state index contributed by atoms with van der Waals surface area (Å²) in [5.74, 6) is -1.98. The van der Waals surface area contributed by atoms with Crippen molar-refractivity contribution in [2.24, 2.45) is 5.92 Å². The van der Waals surface area contributed by atoms with Crippen LogP contribution in [0.2, 0.25) is 0 Å². The summed E-state index contributed by atoms with van der Waals surface area (Å²) in [6.45, 7) is 8.57. The molecule has 3 aromatic rings. The van der Waals surface area contributed by atoms with Crippen LogP contribution >= 0.6 is 0 Å². The van der Waals surface area contributed by atoms with Gasteiger partial charge in [0.15, 0.2) is 11.5 Å². The average molecular weight is 697 g/mol. The lowest BCUT2D eigenvalue weighted by atomic mass is 9.96. The number of methoxy groups -OCH3 is 1. The smallest absolute Gasteiger partial charge is 0.343 e. The van der Waals surface area contributed by atoms with Gasteiger partial charge < -0.3 is 30.0 Å². The molecule has 1 aliphatic rings. The van der Waals surface area contributed by atoms with Crippen LogP contribution in [0.4, 0.5) is 0 Å². The number of hydrogen-bond acceptors (Lipinski definition) is 7. The van der Waals surface area contributed by atoms with E-state index in [4.69, 9.17) is 14.2 Å². The molecule has 10 heteroatoms. The minimum atomic E-state index is -1.22. The summed E-state index contributed by atoms with van der Waals surface area (Å²) in [7, 11) is 1.42. The van der Waals surface area contributed by atoms with Crippen molar-refractivity contribution in [3.8, 4) is 17.2 Å². The Balaban J connectivity index is 1.30. The SMILES string of the molecule is CCCCCCCOc1ccc(C(=O)Oc2ccc(CC(NC(=O)C3C=CC(NC(=O)c4c(C)cc(C)cc4C)=CC3)C(=O)O)cc2OC)cc1. The highest BCUT2D eigenvalue weighted by Gasteiger charge is 2.26. The summed E-state index contributed by atoms with van der Waals surface area (Å²) in [5.41, 5.74) is 4.92. The van der Waals surface area contributed by atoms with Crippen LogP contribution in [-0.4, -0.2) is 48.6 Å². The van der Waals surface area contributed by atoms with Gasteiger partial charge in [0.2, 0.25) is 5.91 Å². The molecule has 51 heavy (non-hydrogen) atoms. The highest BCUT2D eigenvalue weighted by atomic mass is 16.6. The fourth-order valence-electron chi connectivity index (χ4n) is 6.02. The van der Waals surface area contributed by atoms with Gasteiger partial charge in [-0.15, -0.1) is 0 Å². The van der Waals surface area contributed by atoms with Crippen molar-refractivity contribution in [3.63, 3.8) is 0 Å². The van der Waals surface area contributed by atoms with Gasteiger partial charge in [-0.3, -0.25) is 9.59 Å². The molecular weight excluding hydrogens is 648 g/mol. The van der Waals surface area contributed by atoms with Crippen molar-refractivity contribution >= 4 is 23.8 Å². The van der Waals surface area contributed by atoms with Crippen LogP contribution in [0.15, 0.2) is 78.5 Å². The van der Waals surface area contributed by atoms with Gasteiger partial charge in [-0.1, -0.05) is 68.5 Å². The van der Waals surface area contributed by atoms with Crippen molar-refractivity contribution in [2.45, 2.75) is 78.7 Å². The number of amides is 2. The number of carboxylic acids is 1. The Hall–Kier alpha value is -5.38. The van der Waals surface area contributed by atoms with E-state index in [1.807, 2.05) is 32.9 Å². The Morgan fingerprint density at radius 2 is 1.61 bits per heavy atom. The van der Waals surface area contributed by atoms with Crippen molar-refractivity contribution < 1.29 is 38.5 Å². The lowest BCUT2D eigenvalue weighted by molar-refractivity contribution is -0.142. The lowest BCUT2D eigenvalue weighted by Gasteiger charge is -2.21. The fraction of sp³-hybridized carbons (Fsp3) is 0.366. The Morgan fingerprint density at radius 3 is 2.24 bits per heavy atom. The van der Waals surface area contributed by atoms with E-state index in [2.05, 4.69) is 17.6 Å². The number of carbonyl (C=O) groups is 4. The summed E-state index contributed by atoms with van der Waals surface area (Å²) >= 11 is 0. The van der Waals surface area contributed by atoms with Gasteiger partial charge in [0.1, 0.15) is 11.8 Å². The van der Waals surface area contributed by atoms with Gasteiger partial charge in [-0.05, 0) is 92.8 Å². The van der Waals surface area contributed by atoms with E-state index < -0.39 is 29.8 Å². The molecule has 10 nitrogen and oxygen atoms in total. The van der Waals surface area contributed by atoms with Gasteiger partial charge in [0.05, 0.1) is 25.2 Å². The maximum Gasteiger partial charge on any atom is 0.343 e. The van der Waals surface area contributed by atoms with Gasteiger partial charge in [-0.25, -0.2) is 9.59 Å². The minimum Gasteiger partial charge on any atom is -0.494 e. The first kappa shape index (κ1) is 38.4. The topological polar surface area (TPSA) is 140 Å². The molecule has 3 aromatic carbocycles. The van der Waals surface area contributed by atoms with E-state index in [1.54, 1.807) is 54.6 Å². The normalized spacial score (nSPS) is 14.2. The summed E-state index contributed by atoms with van der Waals surface area (Å²) in [4.78, 5) is 51.1. The second-order valence-corrected chi connectivity index (χ2v) is 12.9. The molecule has 270 valence electrons. The largest absolute Gasteiger partial charge is 0.494 e. The molecule has 0 radical (unpaired) electrons. The third-order valence-corrected chi connectivity index (χ3v) is 8.69. The number of aliphatic carboxylic acids is 1. The fourth-order valence-corrected chi connectivity index (χ4v) is 6.02. The molecule has 0 aliphatic heterocycles. The first-order valence-corrected chi connectivity index (χ1v) is 17.4. The highest BCUT2D eigenvalue weighted by Crippen LogP contribution is 2.30. The number of carboxylic acid groups (broad SMARTS) is 1. The number of aryl methyl sites for hydroxylation is 3. The minimum absolute atomic E-state index is 0.0332. The molecule has 4 rings (SSSR count). The number of carbonyl (C=O) groups excluding carboxylic acids is 3. The summed E-state index contributed by atoms with van der Waals surface area (Å²) in [6.07, 6.45) is 11.0. The van der Waals surface area contributed by atoms with Crippen LogP contribution in [0, 0.1) is 26.7 Å². The summed E-state index contributed by atoms with van der Waals surface area (Å²) in [6, 6.07) is 14.2. The van der Waals surface area contributed by atoms with Crippen LogP contribution in [0.3, 0.4) is 0 Å². The van der Waals surface area contributed by atoms with Crippen LogP contribution < -0.4 is 24.8 Å². The third-order valence-electron chi connectivity index (χ3n) is 8.69. The first-order chi connectivity index (χ1) is 24.5. The summed E-state index contributed by atoms with van der Waals surface area (Å²) in [5, 5.41) is 15.5. The number of nitrogens with one attached hydrogen (secondary N) is 2. The van der Waals surface area contributed by atoms with Crippen LogP contribution in [0.5, 0.6) is 17.2 Å². The van der Waals surface area contributed by atoms with Crippen molar-refractivity contribution in [3.05, 3.63) is 112 Å². The highest BCUT2D eigenvalue weighted by molar-refractivity contribution is 5.98. The molecule has 0 spiro atoms. The van der Waals surface area contributed by atoms with E-state index in [0.717, 1.165) is 29.5 Å². The second kappa shape index (κ2) is 18.6. The molecule has 0 aromatic heterocycles. The van der Waals surface area contributed by atoms with E-state index in [9.17, 15) is 24.3 Å². The van der Waals surface area contributed by atoms with Crippen molar-refractivity contribution in [2.75, 3.05) is 13.7 Å². The van der Waals surface area contributed by atoms with Crippen LogP contribution in [0.25, 0.3) is 0 Å². The molecule has 0 saturated heterocycles. The predicted molar refractivity (Wildman–Crippen MR) is 195 cm³/mol. The van der Waals surface area contributed by atoms with Crippen molar-refractivity contribution in [1.82, 2.24) is 10.6 Å². The first-order valence-electron chi connectivity index (χ1n) is 17.4. The molecule has 0 fully saturated rings. The predicted octanol–water partition coefficient (Wildman–Crippen LogP) is 7.19. The number of benzene rings is 3. The number of allylic oxidation sites excluding steroid dienone is 2. The average Bonchev–Trinajstić information content (AvgIpc) is 3.10. The lowest BCUT2D eigenvalue weighted by Crippen LogP contribution is -2.44. The second-order valence-electron chi connectivity index (χ2n) is 12.9. The molecule has 0 saturated carbocycles. The molecule has 0 heterocycles. The number of esters is 1. The Kier molecular flexibility index (Phi) is 14.0. The Bertz CT molecular complexity index is 1750. The number of rotatable bonds is 17. The maximum atomic E-state index is 13.1. The van der Waals surface area contributed by atoms with Crippen LogP contribution in [-0.2, 0) is 16.0 Å². The molecule has 2 atom stereocenters. The quantitative estimate of drug-likeness (QED) is 0.0766.